The lowest BCUT2D eigenvalue weighted by Crippen LogP contribution is -2.49. The molecule has 0 aliphatic carbocycles. The third-order valence-electron chi connectivity index (χ3n) is 3.83. The Bertz CT molecular complexity index is 673. The number of fused-ring (bicyclic) bond motifs is 1. The van der Waals surface area contributed by atoms with Crippen LogP contribution >= 0.6 is 0 Å². The average molecular weight is 308 g/mol. The van der Waals surface area contributed by atoms with Crippen LogP contribution in [-0.2, 0) is 11.7 Å². The maximum absolute atomic E-state index is 12.9. The SMILES string of the molecule is NCC1(c2ccccc2)COc2ccc(C(F)(F)F)cc2N1. The molecule has 2 aromatic carbocycles. The Labute approximate surface area is 125 Å². The Morgan fingerprint density at radius 2 is 1.86 bits per heavy atom. The maximum atomic E-state index is 12.9. The molecule has 0 fully saturated rings. The Morgan fingerprint density at radius 1 is 1.14 bits per heavy atom. The zero-order chi connectivity index (χ0) is 15.8. The Balaban J connectivity index is 2.01. The first-order chi connectivity index (χ1) is 10.4. The Kier molecular flexibility index (Phi) is 3.48. The first kappa shape index (κ1) is 14.7. The van der Waals surface area contributed by atoms with E-state index in [0.717, 1.165) is 17.7 Å². The van der Waals surface area contributed by atoms with Gasteiger partial charge in [0.2, 0.25) is 0 Å². The zero-order valence-electron chi connectivity index (χ0n) is 11.7. The molecule has 0 spiro atoms. The van der Waals surface area contributed by atoms with E-state index in [2.05, 4.69) is 5.32 Å². The molecule has 22 heavy (non-hydrogen) atoms. The van der Waals surface area contributed by atoms with E-state index in [1.165, 1.54) is 6.07 Å². The van der Waals surface area contributed by atoms with Gasteiger partial charge < -0.3 is 15.8 Å². The Hall–Kier alpha value is -2.21. The smallest absolute Gasteiger partial charge is 0.416 e. The van der Waals surface area contributed by atoms with Crippen LogP contribution in [0.25, 0.3) is 0 Å². The summed E-state index contributed by atoms with van der Waals surface area (Å²) < 4.78 is 44.2. The molecule has 3 N–H and O–H groups in total. The van der Waals surface area contributed by atoms with Crippen molar-refractivity contribution in [2.24, 2.45) is 5.73 Å². The van der Waals surface area contributed by atoms with Crippen molar-refractivity contribution in [3.63, 3.8) is 0 Å². The first-order valence-corrected chi connectivity index (χ1v) is 6.82. The van der Waals surface area contributed by atoms with Crippen molar-refractivity contribution in [2.45, 2.75) is 11.7 Å². The summed E-state index contributed by atoms with van der Waals surface area (Å²) in [6, 6.07) is 12.7. The second-order valence-electron chi connectivity index (χ2n) is 5.27. The molecule has 1 aliphatic rings. The van der Waals surface area contributed by atoms with Gasteiger partial charge in [-0.1, -0.05) is 30.3 Å². The molecule has 6 heteroatoms. The molecule has 1 heterocycles. The minimum Gasteiger partial charge on any atom is -0.489 e. The van der Waals surface area contributed by atoms with Crippen molar-refractivity contribution in [1.29, 1.82) is 0 Å². The minimum absolute atomic E-state index is 0.201. The van der Waals surface area contributed by atoms with Crippen LogP contribution in [0.15, 0.2) is 48.5 Å². The molecule has 1 unspecified atom stereocenters. The van der Waals surface area contributed by atoms with Crippen molar-refractivity contribution >= 4 is 5.69 Å². The van der Waals surface area contributed by atoms with E-state index in [1.807, 2.05) is 30.3 Å². The third kappa shape index (κ3) is 2.50. The van der Waals surface area contributed by atoms with E-state index < -0.39 is 17.3 Å². The number of hydrogen-bond acceptors (Lipinski definition) is 3. The van der Waals surface area contributed by atoms with Crippen LogP contribution in [-0.4, -0.2) is 13.2 Å². The summed E-state index contributed by atoms with van der Waals surface area (Å²) in [5, 5.41) is 3.14. The molecule has 3 nitrogen and oxygen atoms in total. The molecule has 0 radical (unpaired) electrons. The van der Waals surface area contributed by atoms with Gasteiger partial charge in [0.15, 0.2) is 0 Å². The fraction of sp³-hybridized carbons (Fsp3) is 0.250. The van der Waals surface area contributed by atoms with Gasteiger partial charge in [-0.05, 0) is 23.8 Å². The second kappa shape index (κ2) is 5.21. The first-order valence-electron chi connectivity index (χ1n) is 6.82. The summed E-state index contributed by atoms with van der Waals surface area (Å²) in [6.07, 6.45) is -4.40. The van der Waals surface area contributed by atoms with E-state index in [1.54, 1.807) is 0 Å². The molecule has 0 aromatic heterocycles. The van der Waals surface area contributed by atoms with Gasteiger partial charge in [0.05, 0.1) is 11.3 Å². The zero-order valence-corrected chi connectivity index (χ0v) is 11.7. The standard InChI is InChI=1S/C16H15F3N2O/c17-16(18,19)12-6-7-14-13(8-12)21-15(9-20,10-22-14)11-4-2-1-3-5-11/h1-8,21H,9-10,20H2. The lowest BCUT2D eigenvalue weighted by molar-refractivity contribution is -0.137. The summed E-state index contributed by atoms with van der Waals surface area (Å²) in [4.78, 5) is 0. The summed E-state index contributed by atoms with van der Waals surface area (Å²) in [5.74, 6) is 0.396. The van der Waals surface area contributed by atoms with Crippen LogP contribution in [0, 0.1) is 0 Å². The molecular weight excluding hydrogens is 293 g/mol. The highest BCUT2D eigenvalue weighted by Gasteiger charge is 2.38. The number of alkyl halides is 3. The van der Waals surface area contributed by atoms with Gasteiger partial charge in [-0.15, -0.1) is 0 Å². The summed E-state index contributed by atoms with van der Waals surface area (Å²) in [6.45, 7) is 0.457. The highest BCUT2D eigenvalue weighted by Crippen LogP contribution is 2.40. The molecule has 1 aliphatic heterocycles. The molecule has 0 saturated carbocycles. The van der Waals surface area contributed by atoms with E-state index in [9.17, 15) is 13.2 Å². The van der Waals surface area contributed by atoms with Crippen LogP contribution < -0.4 is 15.8 Å². The maximum Gasteiger partial charge on any atom is 0.416 e. The highest BCUT2D eigenvalue weighted by atomic mass is 19.4. The quantitative estimate of drug-likeness (QED) is 0.894. The molecule has 0 amide bonds. The largest absolute Gasteiger partial charge is 0.489 e. The molecule has 3 rings (SSSR count). The molecular formula is C16H15F3N2O. The summed E-state index contributed by atoms with van der Waals surface area (Å²) >= 11 is 0. The van der Waals surface area contributed by atoms with Crippen LogP contribution in [0.1, 0.15) is 11.1 Å². The van der Waals surface area contributed by atoms with Gasteiger partial charge in [0.25, 0.3) is 0 Å². The number of benzene rings is 2. The van der Waals surface area contributed by atoms with Gasteiger partial charge in [0.1, 0.15) is 17.9 Å². The number of anilines is 1. The fourth-order valence-corrected chi connectivity index (χ4v) is 2.57. The lowest BCUT2D eigenvalue weighted by atomic mass is 9.89. The molecule has 0 bridgehead atoms. The van der Waals surface area contributed by atoms with E-state index in [-0.39, 0.29) is 13.2 Å². The second-order valence-corrected chi connectivity index (χ2v) is 5.27. The number of halogens is 3. The van der Waals surface area contributed by atoms with Gasteiger partial charge in [-0.25, -0.2) is 0 Å². The lowest BCUT2D eigenvalue weighted by Gasteiger charge is -2.39. The van der Waals surface area contributed by atoms with Crippen molar-refractivity contribution < 1.29 is 17.9 Å². The fourth-order valence-electron chi connectivity index (χ4n) is 2.57. The number of hydrogen-bond donors (Lipinski definition) is 2. The van der Waals surface area contributed by atoms with Crippen LogP contribution in [0.2, 0.25) is 0 Å². The van der Waals surface area contributed by atoms with Crippen molar-refractivity contribution in [3.8, 4) is 5.75 Å². The van der Waals surface area contributed by atoms with Crippen LogP contribution in [0.3, 0.4) is 0 Å². The topological polar surface area (TPSA) is 47.3 Å². The molecule has 116 valence electrons. The monoisotopic (exact) mass is 308 g/mol. The van der Waals surface area contributed by atoms with Gasteiger partial charge in [-0.2, -0.15) is 13.2 Å². The number of ether oxygens (including phenoxy) is 1. The van der Waals surface area contributed by atoms with E-state index in [4.69, 9.17) is 10.5 Å². The van der Waals surface area contributed by atoms with Crippen LogP contribution in [0.4, 0.5) is 18.9 Å². The van der Waals surface area contributed by atoms with E-state index >= 15 is 0 Å². The molecule has 2 aromatic rings. The van der Waals surface area contributed by atoms with Gasteiger partial charge in [-0.3, -0.25) is 0 Å². The predicted molar refractivity (Wildman–Crippen MR) is 77.7 cm³/mol. The number of rotatable bonds is 2. The normalized spacial score (nSPS) is 20.7. The Morgan fingerprint density at radius 3 is 2.50 bits per heavy atom. The third-order valence-corrected chi connectivity index (χ3v) is 3.83. The van der Waals surface area contributed by atoms with Crippen molar-refractivity contribution in [2.75, 3.05) is 18.5 Å². The molecule has 0 saturated heterocycles. The van der Waals surface area contributed by atoms with Gasteiger partial charge >= 0.3 is 6.18 Å². The van der Waals surface area contributed by atoms with Crippen molar-refractivity contribution in [1.82, 2.24) is 0 Å². The summed E-state index contributed by atoms with van der Waals surface area (Å²) in [5.41, 5.74) is 5.61. The predicted octanol–water partition coefficient (Wildman–Crippen LogP) is 3.36. The molecule has 1 atom stereocenters. The average Bonchev–Trinajstić information content (AvgIpc) is 2.53. The van der Waals surface area contributed by atoms with Gasteiger partial charge in [0, 0.05) is 6.54 Å². The highest BCUT2D eigenvalue weighted by molar-refractivity contribution is 5.62. The van der Waals surface area contributed by atoms with Crippen molar-refractivity contribution in [3.05, 3.63) is 59.7 Å². The number of nitrogens with one attached hydrogen (secondary N) is 1. The minimum atomic E-state index is -4.40. The van der Waals surface area contributed by atoms with E-state index in [0.29, 0.717) is 11.4 Å². The van der Waals surface area contributed by atoms with Crippen LogP contribution in [0.5, 0.6) is 5.75 Å². The summed E-state index contributed by atoms with van der Waals surface area (Å²) in [7, 11) is 0. The number of nitrogens with two attached hydrogens (primary N) is 1.